The molecular formula is C11H16N2OS. The number of rotatable bonds is 3. The molecule has 2 heterocycles. The molecule has 1 N–H and O–H groups in total. The fourth-order valence-electron chi connectivity index (χ4n) is 1.90. The summed E-state index contributed by atoms with van der Waals surface area (Å²) in [5.74, 6) is 0.819. The van der Waals surface area contributed by atoms with Gasteiger partial charge in [-0.15, -0.1) is 11.3 Å². The molecule has 0 amide bonds. The number of Topliss-reactive ketones (excluding diaryl/α,β-unsaturated/α-hetero) is 1. The summed E-state index contributed by atoms with van der Waals surface area (Å²) in [4.78, 5) is 15.4. The Labute approximate surface area is 93.9 Å². The highest BCUT2D eigenvalue weighted by molar-refractivity contribution is 7.09. The lowest BCUT2D eigenvalue weighted by Gasteiger charge is -2.21. The maximum Gasteiger partial charge on any atom is 0.178 e. The van der Waals surface area contributed by atoms with Crippen molar-refractivity contribution in [1.82, 2.24) is 10.3 Å². The van der Waals surface area contributed by atoms with Crippen molar-refractivity contribution in [3.63, 3.8) is 0 Å². The van der Waals surface area contributed by atoms with E-state index in [2.05, 4.69) is 10.3 Å². The molecule has 1 aliphatic rings. The number of hydrogen-bond donors (Lipinski definition) is 1. The zero-order valence-corrected chi connectivity index (χ0v) is 9.77. The van der Waals surface area contributed by atoms with Crippen LogP contribution in [-0.2, 0) is 6.42 Å². The summed E-state index contributed by atoms with van der Waals surface area (Å²) >= 11 is 1.62. The van der Waals surface area contributed by atoms with Crippen molar-refractivity contribution in [2.45, 2.75) is 26.2 Å². The smallest absolute Gasteiger partial charge is 0.178 e. The van der Waals surface area contributed by atoms with Crippen molar-refractivity contribution < 1.29 is 4.79 Å². The first kappa shape index (κ1) is 10.8. The fraction of sp³-hybridized carbons (Fsp3) is 0.636. The summed E-state index contributed by atoms with van der Waals surface area (Å²) in [6, 6.07) is 0. The summed E-state index contributed by atoms with van der Waals surface area (Å²) in [6.45, 7) is 3.81. The Morgan fingerprint density at radius 1 is 1.60 bits per heavy atom. The second-order valence-electron chi connectivity index (χ2n) is 4.08. The second kappa shape index (κ2) is 4.86. The van der Waals surface area contributed by atoms with Crippen LogP contribution in [0, 0.1) is 5.92 Å². The van der Waals surface area contributed by atoms with E-state index in [9.17, 15) is 4.79 Å². The Kier molecular flexibility index (Phi) is 3.49. The summed E-state index contributed by atoms with van der Waals surface area (Å²) in [7, 11) is 0. The lowest BCUT2D eigenvalue weighted by atomic mass is 9.95. The van der Waals surface area contributed by atoms with E-state index >= 15 is 0 Å². The number of nitrogens with zero attached hydrogens (tertiary/aromatic N) is 1. The Hall–Kier alpha value is -0.740. The van der Waals surface area contributed by atoms with Gasteiger partial charge in [-0.1, -0.05) is 0 Å². The van der Waals surface area contributed by atoms with Gasteiger partial charge in [0.15, 0.2) is 5.78 Å². The molecule has 3 nitrogen and oxygen atoms in total. The van der Waals surface area contributed by atoms with Gasteiger partial charge in [0.1, 0.15) is 5.69 Å². The first-order chi connectivity index (χ1) is 7.25. The number of ketones is 1. The van der Waals surface area contributed by atoms with Crippen molar-refractivity contribution in [1.29, 1.82) is 0 Å². The van der Waals surface area contributed by atoms with Crippen LogP contribution in [0.4, 0.5) is 0 Å². The molecule has 4 heteroatoms. The molecule has 1 saturated heterocycles. The number of piperidine rings is 1. The Morgan fingerprint density at radius 2 is 2.33 bits per heavy atom. The van der Waals surface area contributed by atoms with Crippen LogP contribution in [0.2, 0.25) is 0 Å². The number of hydrogen-bond acceptors (Lipinski definition) is 4. The third kappa shape index (κ3) is 2.86. The standard InChI is InChI=1S/C11H16N2OS/c1-8(14)10-7-15-11(13-10)6-9-2-4-12-5-3-9/h7,9,12H,2-6H2,1H3. The molecule has 15 heavy (non-hydrogen) atoms. The minimum absolute atomic E-state index is 0.0720. The summed E-state index contributed by atoms with van der Waals surface area (Å²) in [6.07, 6.45) is 3.50. The highest BCUT2D eigenvalue weighted by Gasteiger charge is 2.15. The molecule has 0 radical (unpaired) electrons. The van der Waals surface area contributed by atoms with Crippen molar-refractivity contribution >= 4 is 17.1 Å². The van der Waals surface area contributed by atoms with Crippen LogP contribution < -0.4 is 5.32 Å². The second-order valence-corrected chi connectivity index (χ2v) is 5.02. The van der Waals surface area contributed by atoms with Crippen LogP contribution in [0.5, 0.6) is 0 Å². The van der Waals surface area contributed by atoms with Gasteiger partial charge in [0.2, 0.25) is 0 Å². The van der Waals surface area contributed by atoms with E-state index in [1.54, 1.807) is 18.3 Å². The highest BCUT2D eigenvalue weighted by atomic mass is 32.1. The van der Waals surface area contributed by atoms with E-state index in [1.807, 2.05) is 5.38 Å². The van der Waals surface area contributed by atoms with Crippen molar-refractivity contribution in [2.24, 2.45) is 5.92 Å². The third-order valence-electron chi connectivity index (χ3n) is 2.83. The Balaban J connectivity index is 1.94. The van der Waals surface area contributed by atoms with Gasteiger partial charge in [-0.3, -0.25) is 4.79 Å². The van der Waals surface area contributed by atoms with E-state index in [4.69, 9.17) is 0 Å². The molecule has 0 bridgehead atoms. The van der Waals surface area contributed by atoms with Gasteiger partial charge >= 0.3 is 0 Å². The van der Waals surface area contributed by atoms with Crippen LogP contribution in [0.15, 0.2) is 5.38 Å². The number of nitrogens with one attached hydrogen (secondary N) is 1. The first-order valence-electron chi connectivity index (χ1n) is 5.42. The number of thiazole rings is 1. The van der Waals surface area contributed by atoms with Gasteiger partial charge in [-0.25, -0.2) is 4.98 Å². The molecule has 1 fully saturated rings. The van der Waals surface area contributed by atoms with E-state index in [0.29, 0.717) is 5.69 Å². The summed E-state index contributed by atoms with van der Waals surface area (Å²) < 4.78 is 0. The molecule has 0 saturated carbocycles. The van der Waals surface area contributed by atoms with Gasteiger partial charge in [0.05, 0.1) is 5.01 Å². The highest BCUT2D eigenvalue weighted by Crippen LogP contribution is 2.20. The first-order valence-corrected chi connectivity index (χ1v) is 6.29. The maximum atomic E-state index is 11.1. The summed E-state index contributed by atoms with van der Waals surface area (Å²) in [5, 5.41) is 6.34. The summed E-state index contributed by atoms with van der Waals surface area (Å²) in [5.41, 5.74) is 0.629. The Morgan fingerprint density at radius 3 is 2.93 bits per heavy atom. The predicted octanol–water partition coefficient (Wildman–Crippen LogP) is 1.89. The van der Waals surface area contributed by atoms with Gasteiger partial charge in [0.25, 0.3) is 0 Å². The van der Waals surface area contributed by atoms with Crippen LogP contribution in [0.1, 0.15) is 35.3 Å². The van der Waals surface area contributed by atoms with Crippen LogP contribution >= 0.6 is 11.3 Å². The largest absolute Gasteiger partial charge is 0.317 e. The zero-order valence-electron chi connectivity index (χ0n) is 8.95. The average molecular weight is 224 g/mol. The fourth-order valence-corrected chi connectivity index (χ4v) is 2.85. The molecular weight excluding hydrogens is 208 g/mol. The van der Waals surface area contributed by atoms with Crippen molar-refractivity contribution in [3.05, 3.63) is 16.1 Å². The third-order valence-corrected chi connectivity index (χ3v) is 3.71. The molecule has 0 unspecified atom stereocenters. The monoisotopic (exact) mass is 224 g/mol. The van der Waals surface area contributed by atoms with Crippen LogP contribution in [-0.4, -0.2) is 23.9 Å². The normalized spacial score (nSPS) is 17.9. The number of carbonyl (C=O) groups is 1. The van der Waals surface area contributed by atoms with E-state index in [1.165, 1.54) is 12.8 Å². The zero-order chi connectivity index (χ0) is 10.7. The van der Waals surface area contributed by atoms with Crippen LogP contribution in [0.25, 0.3) is 0 Å². The average Bonchev–Trinajstić information content (AvgIpc) is 2.68. The predicted molar refractivity (Wildman–Crippen MR) is 61.4 cm³/mol. The number of aromatic nitrogens is 1. The van der Waals surface area contributed by atoms with Crippen molar-refractivity contribution in [3.8, 4) is 0 Å². The van der Waals surface area contributed by atoms with Gasteiger partial charge in [-0.05, 0) is 31.8 Å². The van der Waals surface area contributed by atoms with Gasteiger partial charge < -0.3 is 5.32 Å². The van der Waals surface area contributed by atoms with Crippen LogP contribution in [0.3, 0.4) is 0 Å². The molecule has 1 aromatic heterocycles. The Bertz CT molecular complexity index is 342. The molecule has 0 atom stereocenters. The molecule has 82 valence electrons. The molecule has 1 aromatic rings. The molecule has 0 spiro atoms. The lowest BCUT2D eigenvalue weighted by molar-refractivity contribution is 0.101. The van der Waals surface area contributed by atoms with E-state index in [-0.39, 0.29) is 5.78 Å². The van der Waals surface area contributed by atoms with Gasteiger partial charge in [0, 0.05) is 18.7 Å². The molecule has 0 aliphatic carbocycles. The van der Waals surface area contributed by atoms with Gasteiger partial charge in [-0.2, -0.15) is 0 Å². The maximum absolute atomic E-state index is 11.1. The van der Waals surface area contributed by atoms with E-state index < -0.39 is 0 Å². The number of carbonyl (C=O) groups excluding carboxylic acids is 1. The minimum atomic E-state index is 0.0720. The molecule has 1 aliphatic heterocycles. The topological polar surface area (TPSA) is 42.0 Å². The van der Waals surface area contributed by atoms with E-state index in [0.717, 1.165) is 30.4 Å². The molecule has 2 rings (SSSR count). The molecule has 0 aromatic carbocycles. The quantitative estimate of drug-likeness (QED) is 0.797. The minimum Gasteiger partial charge on any atom is -0.317 e. The SMILES string of the molecule is CC(=O)c1csc(CC2CCNCC2)n1. The van der Waals surface area contributed by atoms with Crippen molar-refractivity contribution in [2.75, 3.05) is 13.1 Å². The lowest BCUT2D eigenvalue weighted by Crippen LogP contribution is -2.28.